The molecule has 1 saturated heterocycles. The van der Waals surface area contributed by atoms with Crippen LogP contribution in [0.25, 0.3) is 10.2 Å². The maximum Gasteiger partial charge on any atom is 0.259 e. The smallest absolute Gasteiger partial charge is 0.259 e. The normalized spacial score (nSPS) is 25.7. The highest BCUT2D eigenvalue weighted by Crippen LogP contribution is 2.34. The number of thiophene rings is 1. The van der Waals surface area contributed by atoms with Gasteiger partial charge in [0.25, 0.3) is 5.56 Å². The zero-order chi connectivity index (χ0) is 15.3. The lowest BCUT2D eigenvalue weighted by Crippen LogP contribution is -2.44. The van der Waals surface area contributed by atoms with Crippen molar-refractivity contribution in [3.8, 4) is 0 Å². The molecule has 6 heteroatoms. The van der Waals surface area contributed by atoms with Crippen LogP contribution in [0.4, 0.5) is 0 Å². The molecule has 22 heavy (non-hydrogen) atoms. The maximum absolute atomic E-state index is 12.5. The molecule has 3 heterocycles. The van der Waals surface area contributed by atoms with E-state index in [1.54, 1.807) is 11.3 Å². The van der Waals surface area contributed by atoms with Crippen LogP contribution in [0.15, 0.2) is 4.79 Å². The first-order valence-electron chi connectivity index (χ1n) is 8.02. The zero-order valence-corrected chi connectivity index (χ0v) is 14.6. The number of aromatic nitrogens is 2. The Kier molecular flexibility index (Phi) is 3.78. The Balaban J connectivity index is 1.67. The molecule has 0 unspecified atom stereocenters. The number of H-pyrrole nitrogens is 1. The number of nitrogens with zero attached hydrogens (tertiary/aromatic N) is 2. The molecule has 2 aliphatic rings. The van der Waals surface area contributed by atoms with Crippen LogP contribution in [-0.4, -0.2) is 38.5 Å². The minimum Gasteiger partial charge on any atom is -0.309 e. The van der Waals surface area contributed by atoms with E-state index >= 15 is 0 Å². The average molecular weight is 335 g/mol. The van der Waals surface area contributed by atoms with Crippen LogP contribution in [-0.2, 0) is 19.4 Å². The van der Waals surface area contributed by atoms with Gasteiger partial charge in [-0.25, -0.2) is 4.98 Å². The number of rotatable bonds is 2. The van der Waals surface area contributed by atoms with Gasteiger partial charge in [0.1, 0.15) is 10.7 Å². The monoisotopic (exact) mass is 335 g/mol. The fourth-order valence-electron chi connectivity index (χ4n) is 3.53. The van der Waals surface area contributed by atoms with Crippen LogP contribution in [0.3, 0.4) is 0 Å². The summed E-state index contributed by atoms with van der Waals surface area (Å²) in [6.45, 7) is 6.37. The molecular weight excluding hydrogens is 314 g/mol. The molecule has 1 aliphatic carbocycles. The van der Waals surface area contributed by atoms with E-state index in [4.69, 9.17) is 4.98 Å². The van der Waals surface area contributed by atoms with E-state index in [9.17, 15) is 4.79 Å². The molecule has 2 atom stereocenters. The van der Waals surface area contributed by atoms with Crippen LogP contribution in [0.1, 0.15) is 36.5 Å². The molecule has 0 aromatic carbocycles. The highest BCUT2D eigenvalue weighted by atomic mass is 32.2. The lowest BCUT2D eigenvalue weighted by molar-refractivity contribution is 0.199. The van der Waals surface area contributed by atoms with Gasteiger partial charge >= 0.3 is 0 Å². The topological polar surface area (TPSA) is 49.0 Å². The molecule has 2 aromatic rings. The fourth-order valence-corrected chi connectivity index (χ4v) is 5.98. The van der Waals surface area contributed by atoms with E-state index in [2.05, 4.69) is 23.7 Å². The van der Waals surface area contributed by atoms with Crippen molar-refractivity contribution in [2.75, 3.05) is 12.3 Å². The van der Waals surface area contributed by atoms with E-state index in [0.29, 0.717) is 11.3 Å². The van der Waals surface area contributed by atoms with E-state index in [0.717, 1.165) is 47.7 Å². The molecule has 1 aliphatic heterocycles. The Labute approximate surface area is 138 Å². The van der Waals surface area contributed by atoms with Gasteiger partial charge < -0.3 is 4.98 Å². The second-order valence-electron chi connectivity index (χ2n) is 6.34. The van der Waals surface area contributed by atoms with Crippen molar-refractivity contribution in [2.45, 2.75) is 50.9 Å². The molecule has 4 rings (SSSR count). The van der Waals surface area contributed by atoms with Crippen molar-refractivity contribution in [3.63, 3.8) is 0 Å². The minimum absolute atomic E-state index is 0.0616. The van der Waals surface area contributed by atoms with Crippen molar-refractivity contribution in [2.24, 2.45) is 0 Å². The quantitative estimate of drug-likeness (QED) is 0.917. The summed E-state index contributed by atoms with van der Waals surface area (Å²) >= 11 is 3.75. The first-order valence-corrected chi connectivity index (χ1v) is 9.89. The summed E-state index contributed by atoms with van der Waals surface area (Å²) in [6.07, 6.45) is 3.33. The summed E-state index contributed by atoms with van der Waals surface area (Å²) in [7, 11) is 0. The number of hydrogen-bond donors (Lipinski definition) is 1. The summed E-state index contributed by atoms with van der Waals surface area (Å²) in [5.74, 6) is 1.98. The summed E-state index contributed by atoms with van der Waals surface area (Å²) in [6, 6.07) is 0.521. The number of aromatic amines is 1. The predicted molar refractivity (Wildman–Crippen MR) is 94.1 cm³/mol. The third-order valence-electron chi connectivity index (χ3n) is 4.99. The Hall–Kier alpha value is -0.850. The molecule has 0 saturated carbocycles. The van der Waals surface area contributed by atoms with Gasteiger partial charge in [-0.05, 0) is 31.7 Å². The van der Waals surface area contributed by atoms with Gasteiger partial charge in [0, 0.05) is 28.5 Å². The lowest BCUT2D eigenvalue weighted by atomic mass is 10.2. The summed E-state index contributed by atoms with van der Waals surface area (Å²) in [4.78, 5) is 25.1. The Morgan fingerprint density at radius 1 is 1.36 bits per heavy atom. The van der Waals surface area contributed by atoms with E-state index in [-0.39, 0.29) is 5.56 Å². The number of hydrogen-bond acceptors (Lipinski definition) is 5. The van der Waals surface area contributed by atoms with Gasteiger partial charge in [-0.15, -0.1) is 11.3 Å². The number of nitrogens with one attached hydrogen (secondary N) is 1. The molecule has 1 fully saturated rings. The first-order chi connectivity index (χ1) is 10.6. The van der Waals surface area contributed by atoms with E-state index in [1.165, 1.54) is 16.9 Å². The van der Waals surface area contributed by atoms with Crippen molar-refractivity contribution in [1.29, 1.82) is 0 Å². The summed E-state index contributed by atoms with van der Waals surface area (Å²) in [5, 5.41) is 1.49. The molecule has 0 radical (unpaired) electrons. The van der Waals surface area contributed by atoms with Crippen LogP contribution >= 0.6 is 23.1 Å². The van der Waals surface area contributed by atoms with E-state index in [1.807, 2.05) is 11.8 Å². The predicted octanol–water partition coefficient (Wildman–Crippen LogP) is 2.80. The first kappa shape index (κ1) is 14.7. The van der Waals surface area contributed by atoms with Gasteiger partial charge in [0.05, 0.1) is 11.9 Å². The van der Waals surface area contributed by atoms with E-state index < -0.39 is 0 Å². The van der Waals surface area contributed by atoms with Crippen molar-refractivity contribution < 1.29 is 0 Å². The van der Waals surface area contributed by atoms with Crippen LogP contribution in [0.5, 0.6) is 0 Å². The third kappa shape index (κ3) is 2.41. The van der Waals surface area contributed by atoms with Crippen molar-refractivity contribution >= 4 is 33.3 Å². The molecule has 0 spiro atoms. The van der Waals surface area contributed by atoms with Gasteiger partial charge in [0.15, 0.2) is 0 Å². The zero-order valence-electron chi connectivity index (χ0n) is 13.0. The van der Waals surface area contributed by atoms with Gasteiger partial charge in [-0.1, -0.05) is 6.92 Å². The molecular formula is C16H21N3OS2. The SMILES string of the molecule is C[C@H]1SCCN(Cc2nc3sc4c(c3c(=O)[nH]2)CCC4)[C@H]1C. The highest BCUT2D eigenvalue weighted by molar-refractivity contribution is 8.00. The second kappa shape index (κ2) is 5.65. The van der Waals surface area contributed by atoms with Crippen molar-refractivity contribution in [3.05, 3.63) is 26.6 Å². The highest BCUT2D eigenvalue weighted by Gasteiger charge is 2.26. The largest absolute Gasteiger partial charge is 0.309 e. The maximum atomic E-state index is 12.5. The van der Waals surface area contributed by atoms with Crippen LogP contribution < -0.4 is 5.56 Å². The minimum atomic E-state index is 0.0616. The second-order valence-corrected chi connectivity index (χ2v) is 8.91. The van der Waals surface area contributed by atoms with Crippen LogP contribution in [0.2, 0.25) is 0 Å². The van der Waals surface area contributed by atoms with Gasteiger partial charge in [-0.2, -0.15) is 11.8 Å². The summed E-state index contributed by atoms with van der Waals surface area (Å²) < 4.78 is 0. The Morgan fingerprint density at radius 2 is 2.23 bits per heavy atom. The third-order valence-corrected chi connectivity index (χ3v) is 7.52. The Morgan fingerprint density at radius 3 is 3.09 bits per heavy atom. The standard InChI is InChI=1S/C16H21N3OS2/c1-9-10(2)21-7-6-19(9)8-13-17-15(20)14-11-4-3-5-12(11)22-16(14)18-13/h9-10H,3-8H2,1-2H3,(H,17,18,20)/t9-,10+/m0/s1. The number of aryl methyl sites for hydroxylation is 2. The van der Waals surface area contributed by atoms with Gasteiger partial charge in [-0.3, -0.25) is 9.69 Å². The Bertz CT molecular complexity index is 767. The van der Waals surface area contributed by atoms with Crippen LogP contribution in [0, 0.1) is 0 Å². The molecule has 2 aromatic heterocycles. The molecule has 118 valence electrons. The fraction of sp³-hybridized carbons (Fsp3) is 0.625. The van der Waals surface area contributed by atoms with Crippen molar-refractivity contribution in [1.82, 2.24) is 14.9 Å². The average Bonchev–Trinajstić information content (AvgIpc) is 3.04. The lowest BCUT2D eigenvalue weighted by Gasteiger charge is -2.37. The van der Waals surface area contributed by atoms with Gasteiger partial charge in [0.2, 0.25) is 0 Å². The molecule has 0 bridgehead atoms. The summed E-state index contributed by atoms with van der Waals surface area (Å²) in [5.41, 5.74) is 1.32. The molecule has 0 amide bonds. The number of fused-ring (bicyclic) bond motifs is 3. The number of thioether (sulfide) groups is 1. The molecule has 4 nitrogen and oxygen atoms in total. The molecule has 1 N–H and O–H groups in total.